The molecule has 2 heterocycles. The highest BCUT2D eigenvalue weighted by Gasteiger charge is 2.33. The molecule has 8 nitrogen and oxygen atoms in total. The Bertz CT molecular complexity index is 1340. The van der Waals surface area contributed by atoms with Gasteiger partial charge in [0.15, 0.2) is 0 Å². The van der Waals surface area contributed by atoms with Crippen LogP contribution in [0.4, 0.5) is 20.6 Å². The van der Waals surface area contributed by atoms with Gasteiger partial charge in [-0.05, 0) is 36.2 Å². The van der Waals surface area contributed by atoms with Crippen molar-refractivity contribution in [3.8, 4) is 0 Å². The molecule has 222 valence electrons. The number of halogens is 1. The number of likely N-dealkylation sites (N-methyl/N-ethyl adjacent to an activating group) is 1. The molecule has 0 spiro atoms. The van der Waals surface area contributed by atoms with Gasteiger partial charge in [0, 0.05) is 58.8 Å². The van der Waals surface area contributed by atoms with Crippen LogP contribution in [0.5, 0.6) is 0 Å². The van der Waals surface area contributed by atoms with Crippen molar-refractivity contribution in [2.24, 2.45) is 0 Å². The SMILES string of the molecule is CCN(C[C@@H]1CN(Cc2ccccc2)CCN1Cc1ccccc1)c1ccc(N2C[C@H](CNC(C)=O)OC2=O)cc1F. The molecule has 2 fully saturated rings. The minimum absolute atomic E-state index is 0.192. The second-order valence-electron chi connectivity index (χ2n) is 11.1. The maximum atomic E-state index is 15.7. The Morgan fingerprint density at radius 1 is 0.976 bits per heavy atom. The summed E-state index contributed by atoms with van der Waals surface area (Å²) in [7, 11) is 0. The highest BCUT2D eigenvalue weighted by Crippen LogP contribution is 2.29. The number of benzene rings is 3. The van der Waals surface area contributed by atoms with E-state index in [1.54, 1.807) is 12.1 Å². The Kier molecular flexibility index (Phi) is 9.71. The monoisotopic (exact) mass is 573 g/mol. The predicted octanol–water partition coefficient (Wildman–Crippen LogP) is 4.50. The molecule has 5 rings (SSSR count). The number of anilines is 2. The van der Waals surface area contributed by atoms with E-state index < -0.39 is 12.2 Å². The van der Waals surface area contributed by atoms with Gasteiger partial charge in [-0.25, -0.2) is 9.18 Å². The molecule has 1 N–H and O–H groups in total. The third-order valence-electron chi connectivity index (χ3n) is 8.02. The Morgan fingerprint density at radius 2 is 1.67 bits per heavy atom. The number of nitrogens with zero attached hydrogens (tertiary/aromatic N) is 4. The summed E-state index contributed by atoms with van der Waals surface area (Å²) in [5.74, 6) is -0.568. The fourth-order valence-corrected chi connectivity index (χ4v) is 5.81. The summed E-state index contributed by atoms with van der Waals surface area (Å²) >= 11 is 0. The van der Waals surface area contributed by atoms with Crippen LogP contribution in [0.2, 0.25) is 0 Å². The van der Waals surface area contributed by atoms with E-state index in [1.807, 2.05) is 19.1 Å². The van der Waals surface area contributed by atoms with E-state index in [0.717, 1.165) is 32.7 Å². The number of cyclic esters (lactones) is 1. The third-order valence-corrected chi connectivity index (χ3v) is 8.02. The van der Waals surface area contributed by atoms with Crippen LogP contribution >= 0.6 is 0 Å². The van der Waals surface area contributed by atoms with Gasteiger partial charge in [0.25, 0.3) is 0 Å². The van der Waals surface area contributed by atoms with Crippen LogP contribution in [0.25, 0.3) is 0 Å². The van der Waals surface area contributed by atoms with E-state index in [9.17, 15) is 9.59 Å². The molecule has 3 aromatic carbocycles. The van der Waals surface area contributed by atoms with Gasteiger partial charge in [-0.1, -0.05) is 60.7 Å². The molecule has 42 heavy (non-hydrogen) atoms. The topological polar surface area (TPSA) is 68.4 Å². The first kappa shape index (κ1) is 29.5. The van der Waals surface area contributed by atoms with Gasteiger partial charge < -0.3 is 15.0 Å². The number of piperazine rings is 1. The summed E-state index contributed by atoms with van der Waals surface area (Å²) in [6, 6.07) is 26.2. The normalized spacial score (nSPS) is 19.5. The van der Waals surface area contributed by atoms with Gasteiger partial charge in [0.1, 0.15) is 11.9 Å². The zero-order valence-electron chi connectivity index (χ0n) is 24.4. The molecule has 2 aliphatic heterocycles. The molecular weight excluding hydrogens is 533 g/mol. The first-order valence-corrected chi connectivity index (χ1v) is 14.7. The number of carbonyl (C=O) groups excluding carboxylic acids is 2. The first-order valence-electron chi connectivity index (χ1n) is 14.7. The molecular formula is C33H40FN5O3. The maximum absolute atomic E-state index is 15.7. The number of nitrogens with one attached hydrogen (secondary N) is 1. The average molecular weight is 574 g/mol. The standard InChI is InChI=1S/C33H40FN5O3/c1-3-37(32-15-14-28(18-31(32)34)39-24-30(42-33(39)41)19-35-25(2)40)23-29-22-36(20-26-10-6-4-7-11-26)16-17-38(29)21-27-12-8-5-9-13-27/h4-15,18,29-30H,3,16-17,19-24H2,1-2H3,(H,35,40)/t29-,30-/m0/s1. The Morgan fingerprint density at radius 3 is 2.31 bits per heavy atom. The van der Waals surface area contributed by atoms with Crippen LogP contribution < -0.4 is 15.1 Å². The Labute approximate surface area is 247 Å². The fraction of sp³-hybridized carbons (Fsp3) is 0.394. The summed E-state index contributed by atoms with van der Waals surface area (Å²) in [6.45, 7) is 9.79. The predicted molar refractivity (Wildman–Crippen MR) is 163 cm³/mol. The van der Waals surface area contributed by atoms with Crippen LogP contribution in [0.15, 0.2) is 78.9 Å². The summed E-state index contributed by atoms with van der Waals surface area (Å²) in [5.41, 5.74) is 3.52. The van der Waals surface area contributed by atoms with E-state index >= 15 is 4.39 Å². The zero-order chi connectivity index (χ0) is 29.5. The number of hydrogen-bond acceptors (Lipinski definition) is 6. The zero-order valence-corrected chi connectivity index (χ0v) is 24.4. The van der Waals surface area contributed by atoms with E-state index in [1.165, 1.54) is 29.0 Å². The van der Waals surface area contributed by atoms with Crippen LogP contribution in [0, 0.1) is 5.82 Å². The molecule has 3 aromatic rings. The fourth-order valence-electron chi connectivity index (χ4n) is 5.81. The molecule has 0 saturated carbocycles. The molecule has 2 saturated heterocycles. The van der Waals surface area contributed by atoms with E-state index in [4.69, 9.17) is 4.74 Å². The second-order valence-corrected chi connectivity index (χ2v) is 11.1. The van der Waals surface area contributed by atoms with Gasteiger partial charge in [0.2, 0.25) is 5.91 Å². The first-order chi connectivity index (χ1) is 20.4. The smallest absolute Gasteiger partial charge is 0.414 e. The maximum Gasteiger partial charge on any atom is 0.414 e. The molecule has 0 aromatic heterocycles. The average Bonchev–Trinajstić information content (AvgIpc) is 3.37. The van der Waals surface area contributed by atoms with Gasteiger partial charge >= 0.3 is 6.09 Å². The van der Waals surface area contributed by atoms with Crippen LogP contribution in [0.1, 0.15) is 25.0 Å². The molecule has 0 aliphatic carbocycles. The van der Waals surface area contributed by atoms with Crippen molar-refractivity contribution in [2.75, 3.05) is 55.6 Å². The lowest BCUT2D eigenvalue weighted by Gasteiger charge is -2.44. The number of amides is 2. The van der Waals surface area contributed by atoms with Crippen molar-refractivity contribution in [3.05, 3.63) is 95.8 Å². The largest absolute Gasteiger partial charge is 0.442 e. The van der Waals surface area contributed by atoms with E-state index in [2.05, 4.69) is 68.5 Å². The molecule has 2 aliphatic rings. The van der Waals surface area contributed by atoms with Crippen LogP contribution in [-0.4, -0.2) is 79.8 Å². The van der Waals surface area contributed by atoms with Crippen molar-refractivity contribution in [3.63, 3.8) is 0 Å². The highest BCUT2D eigenvalue weighted by atomic mass is 19.1. The summed E-state index contributed by atoms with van der Waals surface area (Å²) in [5, 5.41) is 2.67. The Hall–Kier alpha value is -3.95. The van der Waals surface area contributed by atoms with Gasteiger partial charge in [-0.3, -0.25) is 19.5 Å². The van der Waals surface area contributed by atoms with Crippen molar-refractivity contribution in [1.82, 2.24) is 15.1 Å². The lowest BCUT2D eigenvalue weighted by molar-refractivity contribution is -0.119. The highest BCUT2D eigenvalue weighted by molar-refractivity contribution is 5.90. The second kappa shape index (κ2) is 13.8. The summed E-state index contributed by atoms with van der Waals surface area (Å²) < 4.78 is 21.0. The lowest BCUT2D eigenvalue weighted by atomic mass is 10.1. The molecule has 2 amide bonds. The van der Waals surface area contributed by atoms with Crippen LogP contribution in [-0.2, 0) is 22.6 Å². The van der Waals surface area contributed by atoms with Crippen molar-refractivity contribution >= 4 is 23.4 Å². The number of hydrogen-bond donors (Lipinski definition) is 1. The Balaban J connectivity index is 1.30. The van der Waals surface area contributed by atoms with Gasteiger partial charge in [-0.15, -0.1) is 0 Å². The van der Waals surface area contributed by atoms with Gasteiger partial charge in [-0.2, -0.15) is 0 Å². The van der Waals surface area contributed by atoms with E-state index in [0.29, 0.717) is 24.5 Å². The van der Waals surface area contributed by atoms with Crippen molar-refractivity contribution < 1.29 is 18.7 Å². The summed E-state index contributed by atoms with van der Waals surface area (Å²) in [4.78, 5) is 32.2. The molecule has 0 radical (unpaired) electrons. The number of carbonyl (C=O) groups is 2. The quantitative estimate of drug-likeness (QED) is 0.365. The third kappa shape index (κ3) is 7.46. The molecule has 0 bridgehead atoms. The van der Waals surface area contributed by atoms with Crippen molar-refractivity contribution in [1.29, 1.82) is 0 Å². The van der Waals surface area contributed by atoms with E-state index in [-0.39, 0.29) is 30.9 Å². The molecule has 2 atom stereocenters. The number of ether oxygens (including phenoxy) is 1. The van der Waals surface area contributed by atoms with Crippen molar-refractivity contribution in [2.45, 2.75) is 39.1 Å². The molecule has 0 unspecified atom stereocenters. The van der Waals surface area contributed by atoms with Gasteiger partial charge in [0.05, 0.1) is 24.5 Å². The van der Waals surface area contributed by atoms with Crippen LogP contribution in [0.3, 0.4) is 0 Å². The summed E-state index contributed by atoms with van der Waals surface area (Å²) in [6.07, 6.45) is -1.01. The molecule has 9 heteroatoms. The number of rotatable bonds is 11. The minimum atomic E-state index is -0.540. The lowest BCUT2D eigenvalue weighted by Crippen LogP contribution is -2.56. The minimum Gasteiger partial charge on any atom is -0.442 e.